The number of aliphatic hydroxyl groups excluding tert-OH is 1. The zero-order chi connectivity index (χ0) is 41.6. The molecule has 56 heavy (non-hydrogen) atoms. The van der Waals surface area contributed by atoms with E-state index in [1.807, 2.05) is 6.92 Å². The molecular weight excluding hydrogens is 789 g/mol. The van der Waals surface area contributed by atoms with Crippen molar-refractivity contribution in [3.05, 3.63) is 12.7 Å². The Bertz CT molecular complexity index is 1230. The van der Waals surface area contributed by atoms with Crippen molar-refractivity contribution in [3.63, 3.8) is 0 Å². The fourth-order valence-corrected chi connectivity index (χ4v) is 8.67. The number of nitrogens with one attached hydrogen (secondary N) is 1. The Labute approximate surface area is 350 Å². The van der Waals surface area contributed by atoms with E-state index in [4.69, 9.17) is 77.4 Å². The first-order valence-electron chi connectivity index (χ1n) is 20.6. The molecule has 4 fully saturated rings. The van der Waals surface area contributed by atoms with Crippen molar-refractivity contribution in [2.75, 3.05) is 39.6 Å². The van der Waals surface area contributed by atoms with E-state index in [0.29, 0.717) is 25.0 Å². The minimum absolute atomic E-state index is 0.0415. The van der Waals surface area contributed by atoms with Crippen molar-refractivity contribution < 1.29 is 52.5 Å². The first kappa shape index (κ1) is 48.2. The van der Waals surface area contributed by atoms with Crippen molar-refractivity contribution in [2.45, 2.75) is 136 Å². The van der Waals surface area contributed by atoms with Gasteiger partial charge < -0.3 is 53.1 Å². The quantitative estimate of drug-likeness (QED) is 0.125. The van der Waals surface area contributed by atoms with E-state index < -0.39 is 53.8 Å². The molecule has 12 nitrogen and oxygen atoms in total. The van der Waals surface area contributed by atoms with E-state index >= 15 is 0 Å². The zero-order valence-corrected chi connectivity index (χ0v) is 37.5. The van der Waals surface area contributed by atoms with Gasteiger partial charge in [-0.1, -0.05) is 117 Å². The van der Waals surface area contributed by atoms with Crippen LogP contribution in [0.2, 0.25) is 0 Å². The number of rotatable bonds is 15. The third-order valence-corrected chi connectivity index (χ3v) is 14.3. The summed E-state index contributed by atoms with van der Waals surface area (Å²) in [5.41, 5.74) is 0. The van der Waals surface area contributed by atoms with Crippen LogP contribution in [-0.2, 0) is 42.6 Å². The van der Waals surface area contributed by atoms with E-state index in [2.05, 4.69) is 81.1 Å². The zero-order valence-electron chi connectivity index (χ0n) is 35.2. The Hall–Kier alpha value is -0.480. The molecule has 15 heteroatoms. The lowest BCUT2D eigenvalue weighted by Crippen LogP contribution is -2.60. The maximum atomic E-state index is 13.0. The summed E-state index contributed by atoms with van der Waals surface area (Å²) < 4.78 is 54.8. The minimum atomic E-state index is -1.76. The van der Waals surface area contributed by atoms with Gasteiger partial charge in [0.05, 0.1) is 63.5 Å². The largest absolute Gasteiger partial charge is 0.445 e. The number of carbonyl (C=O) groups excluding carboxylic acids is 1. The van der Waals surface area contributed by atoms with Crippen LogP contribution in [0.1, 0.15) is 76.2 Å². The molecule has 4 heterocycles. The topological polar surface area (TPSA) is 132 Å². The molecule has 20 atom stereocenters. The van der Waals surface area contributed by atoms with Crippen molar-refractivity contribution in [1.29, 1.82) is 0 Å². The Morgan fingerprint density at radius 1 is 0.589 bits per heavy atom. The second kappa shape index (κ2) is 21.4. The van der Waals surface area contributed by atoms with Crippen LogP contribution in [0.5, 0.6) is 0 Å². The molecule has 8 unspecified atom stereocenters. The second-order valence-electron chi connectivity index (χ2n) is 17.3. The Balaban J connectivity index is 1.44. The van der Waals surface area contributed by atoms with Gasteiger partial charge >= 0.3 is 6.09 Å². The van der Waals surface area contributed by atoms with Gasteiger partial charge in [0.25, 0.3) is 0 Å². The van der Waals surface area contributed by atoms with E-state index in [9.17, 15) is 9.90 Å². The number of carbonyl (C=O) groups is 1. The Morgan fingerprint density at radius 3 is 1.39 bits per heavy atom. The third-order valence-electron chi connectivity index (χ3n) is 14.0. The van der Waals surface area contributed by atoms with Crippen molar-refractivity contribution in [1.82, 2.24) is 5.32 Å². The van der Waals surface area contributed by atoms with E-state index in [-0.39, 0.29) is 91.4 Å². The number of hydrogen-bond acceptors (Lipinski definition) is 11. The van der Waals surface area contributed by atoms with Gasteiger partial charge in [-0.3, -0.25) is 0 Å². The molecule has 0 aromatic rings. The fourth-order valence-electron chi connectivity index (χ4n) is 8.51. The predicted molar refractivity (Wildman–Crippen MR) is 215 cm³/mol. The highest BCUT2D eigenvalue weighted by Crippen LogP contribution is 2.40. The number of ether oxygens (including phenoxy) is 9. The standard InChI is InChI=1S/C41H70Cl3NO11/c1-13-14-48-36-28(10)21(3)24(6)33(54-36)18-51-39-35(45-40(47)52-19-41(42,43)44)27(9)26(8)34(56-39)17-50-38-30(12)22(4)25(7)32(55-38)16-49-37-29(11)20(2)23(5)31(15-46)53-37/h13,20-39,46H,1,14-19H2,2-12H3,(H,45,47)/t20-,21-,22-,23-,24-,25-,26-,27-,28?,29?,30?,31?,32?,33?,34?,35?,36+,37+,38+,39+/m0/s1. The summed E-state index contributed by atoms with van der Waals surface area (Å²) in [6.45, 7) is 28.0. The van der Waals surface area contributed by atoms with Crippen molar-refractivity contribution in [2.24, 2.45) is 65.1 Å². The van der Waals surface area contributed by atoms with Crippen LogP contribution < -0.4 is 5.32 Å². The van der Waals surface area contributed by atoms with Crippen LogP contribution in [0.4, 0.5) is 4.79 Å². The van der Waals surface area contributed by atoms with E-state index in [1.165, 1.54) is 0 Å². The maximum Gasteiger partial charge on any atom is 0.407 e. The lowest BCUT2D eigenvalue weighted by molar-refractivity contribution is -0.307. The second-order valence-corrected chi connectivity index (χ2v) is 19.8. The van der Waals surface area contributed by atoms with Gasteiger partial charge in [0.1, 0.15) is 6.61 Å². The van der Waals surface area contributed by atoms with Gasteiger partial charge in [-0.15, -0.1) is 6.58 Å². The molecule has 4 aliphatic rings. The Kier molecular flexibility index (Phi) is 18.4. The maximum absolute atomic E-state index is 13.0. The molecule has 0 aromatic carbocycles. The Morgan fingerprint density at radius 2 is 0.964 bits per heavy atom. The number of halogens is 3. The molecule has 326 valence electrons. The number of alkyl halides is 3. The first-order valence-corrected chi connectivity index (χ1v) is 21.7. The van der Waals surface area contributed by atoms with Crippen LogP contribution in [0.25, 0.3) is 0 Å². The average molecular weight is 859 g/mol. The number of alkyl carbamates (subject to hydrolysis) is 1. The monoisotopic (exact) mass is 857 g/mol. The summed E-state index contributed by atoms with van der Waals surface area (Å²) in [5, 5.41) is 12.8. The fraction of sp³-hybridized carbons (Fsp3) is 0.927. The van der Waals surface area contributed by atoms with Crippen LogP contribution in [-0.4, -0.2) is 110 Å². The first-order chi connectivity index (χ1) is 26.3. The molecule has 0 aromatic heterocycles. The van der Waals surface area contributed by atoms with Crippen LogP contribution >= 0.6 is 34.8 Å². The average Bonchev–Trinajstić information content (AvgIpc) is 3.16. The molecule has 1 amide bonds. The van der Waals surface area contributed by atoms with Crippen molar-refractivity contribution in [3.8, 4) is 0 Å². The lowest BCUT2D eigenvalue weighted by atomic mass is 9.78. The van der Waals surface area contributed by atoms with Crippen LogP contribution in [0.15, 0.2) is 12.7 Å². The molecular formula is C41H70Cl3NO11. The van der Waals surface area contributed by atoms with Gasteiger partial charge in [0.2, 0.25) is 3.79 Å². The van der Waals surface area contributed by atoms with E-state index in [1.54, 1.807) is 6.08 Å². The normalized spacial score (nSPS) is 44.9. The summed E-state index contributed by atoms with van der Waals surface area (Å²) in [5.74, 6) is 1.75. The van der Waals surface area contributed by atoms with Gasteiger partial charge in [-0.25, -0.2) is 4.79 Å². The number of amides is 1. The summed E-state index contributed by atoms with van der Waals surface area (Å²) in [6, 6.07) is -0.597. The molecule has 0 saturated carbocycles. The summed E-state index contributed by atoms with van der Waals surface area (Å²) in [6.07, 6.45) is -2.44. The number of hydrogen-bond donors (Lipinski definition) is 2. The highest BCUT2D eigenvalue weighted by atomic mass is 35.6. The smallest absolute Gasteiger partial charge is 0.407 e. The van der Waals surface area contributed by atoms with Gasteiger partial charge in [-0.05, 0) is 47.3 Å². The summed E-state index contributed by atoms with van der Waals surface area (Å²) in [7, 11) is 0. The molecule has 4 aliphatic heterocycles. The molecule has 0 spiro atoms. The lowest BCUT2D eigenvalue weighted by Gasteiger charge is -2.48. The molecule has 4 saturated heterocycles. The molecule has 0 radical (unpaired) electrons. The third kappa shape index (κ3) is 12.1. The van der Waals surface area contributed by atoms with Crippen LogP contribution in [0.3, 0.4) is 0 Å². The highest BCUT2D eigenvalue weighted by molar-refractivity contribution is 6.67. The SMILES string of the molecule is C=CCO[C@@H]1OC(CO[C@@H]2OC(CO[C@@H]3OC(CO[C@@H]4OC(CO)[C@@H](C)[C@H](C)C4C)[C@@H](C)[C@H](C)C3C)[C@@H](C)[C@H](C)C2NC(=O)OCC(Cl)(Cl)Cl)[C@@H](C)[C@H](C)C1C. The van der Waals surface area contributed by atoms with Crippen LogP contribution in [0, 0.1) is 65.1 Å². The molecule has 4 rings (SSSR count). The van der Waals surface area contributed by atoms with Gasteiger partial charge in [0.15, 0.2) is 25.2 Å². The van der Waals surface area contributed by atoms with Gasteiger partial charge in [-0.2, -0.15) is 0 Å². The molecule has 0 bridgehead atoms. The van der Waals surface area contributed by atoms with E-state index in [0.717, 1.165) is 0 Å². The molecule has 0 aliphatic carbocycles. The number of aliphatic hydroxyl groups is 1. The van der Waals surface area contributed by atoms with Gasteiger partial charge in [0, 0.05) is 17.8 Å². The predicted octanol–water partition coefficient (Wildman–Crippen LogP) is 7.59. The summed E-state index contributed by atoms with van der Waals surface area (Å²) >= 11 is 17.6. The molecule has 2 N–H and O–H groups in total. The minimum Gasteiger partial charge on any atom is -0.445 e. The summed E-state index contributed by atoms with van der Waals surface area (Å²) in [4.78, 5) is 13.0. The highest BCUT2D eigenvalue weighted by Gasteiger charge is 2.47. The van der Waals surface area contributed by atoms with Crippen molar-refractivity contribution >= 4 is 40.9 Å².